The number of methoxy groups -OCH3 is 2. The number of likely N-dealkylation sites (tertiary alicyclic amines) is 1. The first-order valence-electron chi connectivity index (χ1n) is 6.14. The molecule has 5 nitrogen and oxygen atoms in total. The van der Waals surface area contributed by atoms with Crippen LogP contribution in [0.2, 0.25) is 0 Å². The largest absolute Gasteiger partial charge is 0.481 e. The Bertz CT molecular complexity index is 386. The van der Waals surface area contributed by atoms with Crippen LogP contribution in [0.5, 0.6) is 5.88 Å². The molecule has 2 atom stereocenters. The minimum absolute atomic E-state index is 0.156. The van der Waals surface area contributed by atoms with E-state index in [1.807, 2.05) is 18.2 Å². The molecule has 5 heteroatoms. The molecule has 0 saturated carbocycles. The third-order valence-electron chi connectivity index (χ3n) is 3.39. The van der Waals surface area contributed by atoms with E-state index in [9.17, 15) is 5.11 Å². The Kier molecular flexibility index (Phi) is 4.52. The summed E-state index contributed by atoms with van der Waals surface area (Å²) in [6, 6.07) is 5.88. The second-order valence-electron chi connectivity index (χ2n) is 4.53. The molecule has 0 aromatic carbocycles. The summed E-state index contributed by atoms with van der Waals surface area (Å²) in [4.78, 5) is 6.59. The third kappa shape index (κ3) is 2.98. The van der Waals surface area contributed by atoms with Crippen molar-refractivity contribution in [2.75, 3.05) is 27.4 Å². The summed E-state index contributed by atoms with van der Waals surface area (Å²) in [6.07, 6.45) is 1.07. The van der Waals surface area contributed by atoms with Crippen LogP contribution < -0.4 is 4.74 Å². The van der Waals surface area contributed by atoms with Gasteiger partial charge in [-0.05, 0) is 12.5 Å². The quantitative estimate of drug-likeness (QED) is 0.835. The molecule has 0 radical (unpaired) electrons. The topological polar surface area (TPSA) is 54.8 Å². The molecule has 0 spiro atoms. The summed E-state index contributed by atoms with van der Waals surface area (Å²) < 4.78 is 10.5. The smallest absolute Gasteiger partial charge is 0.213 e. The van der Waals surface area contributed by atoms with Crippen molar-refractivity contribution in [1.29, 1.82) is 0 Å². The molecule has 0 amide bonds. The van der Waals surface area contributed by atoms with Gasteiger partial charge in [0.2, 0.25) is 5.88 Å². The lowest BCUT2D eigenvalue weighted by atomic mass is 10.2. The lowest BCUT2D eigenvalue weighted by molar-refractivity contribution is 0.107. The van der Waals surface area contributed by atoms with Crippen LogP contribution in [0.4, 0.5) is 0 Å². The first-order valence-corrected chi connectivity index (χ1v) is 6.14. The zero-order valence-corrected chi connectivity index (χ0v) is 10.9. The maximum Gasteiger partial charge on any atom is 0.213 e. The van der Waals surface area contributed by atoms with E-state index in [0.29, 0.717) is 12.4 Å². The minimum Gasteiger partial charge on any atom is -0.481 e. The average molecular weight is 252 g/mol. The van der Waals surface area contributed by atoms with Crippen molar-refractivity contribution in [3.63, 3.8) is 0 Å². The molecule has 0 bridgehead atoms. The maximum absolute atomic E-state index is 9.39. The molecule has 1 aromatic heterocycles. The highest BCUT2D eigenvalue weighted by Gasteiger charge is 2.31. The molecular formula is C13H20N2O3. The molecular weight excluding hydrogens is 232 g/mol. The summed E-state index contributed by atoms with van der Waals surface area (Å²) in [6.45, 7) is 1.70. The van der Waals surface area contributed by atoms with Gasteiger partial charge in [-0.3, -0.25) is 4.90 Å². The second-order valence-corrected chi connectivity index (χ2v) is 4.53. The van der Waals surface area contributed by atoms with Gasteiger partial charge in [0.25, 0.3) is 0 Å². The van der Waals surface area contributed by atoms with Crippen LogP contribution in [0.1, 0.15) is 12.1 Å². The predicted molar refractivity (Wildman–Crippen MR) is 67.5 cm³/mol. The van der Waals surface area contributed by atoms with E-state index in [2.05, 4.69) is 9.88 Å². The molecule has 2 heterocycles. The SMILES string of the molecule is COc1cccc(CN2C[C@H](OC)C[C@H]2CO)n1. The van der Waals surface area contributed by atoms with Gasteiger partial charge in [-0.25, -0.2) is 4.98 Å². The van der Waals surface area contributed by atoms with Gasteiger partial charge >= 0.3 is 0 Å². The van der Waals surface area contributed by atoms with Crippen LogP contribution in [-0.4, -0.2) is 54.5 Å². The molecule has 1 aliphatic heterocycles. The maximum atomic E-state index is 9.39. The van der Waals surface area contributed by atoms with E-state index in [0.717, 1.165) is 18.7 Å². The van der Waals surface area contributed by atoms with E-state index in [4.69, 9.17) is 9.47 Å². The fraction of sp³-hybridized carbons (Fsp3) is 0.615. The summed E-state index contributed by atoms with van der Waals surface area (Å²) in [5.74, 6) is 0.621. The van der Waals surface area contributed by atoms with E-state index in [1.54, 1.807) is 14.2 Å². The number of aromatic nitrogens is 1. The minimum atomic E-state index is 0.156. The summed E-state index contributed by atoms with van der Waals surface area (Å²) in [5, 5.41) is 9.39. The predicted octanol–water partition coefficient (Wildman–Crippen LogP) is 0.672. The Balaban J connectivity index is 2.03. The van der Waals surface area contributed by atoms with Crippen molar-refractivity contribution in [2.45, 2.75) is 25.1 Å². The fourth-order valence-corrected chi connectivity index (χ4v) is 2.36. The summed E-state index contributed by atoms with van der Waals surface area (Å²) in [5.41, 5.74) is 0.949. The number of rotatable bonds is 5. The van der Waals surface area contributed by atoms with Crippen molar-refractivity contribution < 1.29 is 14.6 Å². The molecule has 1 aliphatic rings. The highest BCUT2D eigenvalue weighted by molar-refractivity contribution is 5.15. The van der Waals surface area contributed by atoms with Crippen LogP contribution >= 0.6 is 0 Å². The third-order valence-corrected chi connectivity index (χ3v) is 3.39. The van der Waals surface area contributed by atoms with Crippen LogP contribution in [-0.2, 0) is 11.3 Å². The zero-order valence-electron chi connectivity index (χ0n) is 10.9. The molecule has 1 aromatic rings. The molecule has 18 heavy (non-hydrogen) atoms. The van der Waals surface area contributed by atoms with Crippen molar-refractivity contribution in [2.24, 2.45) is 0 Å². The van der Waals surface area contributed by atoms with Gasteiger partial charge in [-0.1, -0.05) is 6.07 Å². The Morgan fingerprint density at radius 1 is 1.44 bits per heavy atom. The Labute approximate surface area is 107 Å². The van der Waals surface area contributed by atoms with Gasteiger partial charge in [-0.15, -0.1) is 0 Å². The molecule has 0 unspecified atom stereocenters. The zero-order chi connectivity index (χ0) is 13.0. The number of hydrogen-bond acceptors (Lipinski definition) is 5. The molecule has 1 saturated heterocycles. The lowest BCUT2D eigenvalue weighted by Crippen LogP contribution is -2.32. The van der Waals surface area contributed by atoms with E-state index in [1.165, 1.54) is 0 Å². The highest BCUT2D eigenvalue weighted by Crippen LogP contribution is 2.22. The lowest BCUT2D eigenvalue weighted by Gasteiger charge is -2.21. The van der Waals surface area contributed by atoms with Gasteiger partial charge in [0, 0.05) is 32.3 Å². The monoisotopic (exact) mass is 252 g/mol. The van der Waals surface area contributed by atoms with Gasteiger partial charge < -0.3 is 14.6 Å². The van der Waals surface area contributed by atoms with Gasteiger partial charge in [0.15, 0.2) is 0 Å². The standard InChI is InChI=1S/C13H20N2O3/c1-17-12-6-11(9-16)15(8-12)7-10-4-3-5-13(14-10)18-2/h3-5,11-12,16H,6-9H2,1-2H3/t11-,12+/m0/s1. The Morgan fingerprint density at radius 2 is 2.28 bits per heavy atom. The summed E-state index contributed by atoms with van der Waals surface area (Å²) in [7, 11) is 3.33. The number of pyridine rings is 1. The number of hydrogen-bond donors (Lipinski definition) is 1. The van der Waals surface area contributed by atoms with Crippen molar-refractivity contribution in [3.05, 3.63) is 23.9 Å². The molecule has 100 valence electrons. The van der Waals surface area contributed by atoms with Crippen molar-refractivity contribution in [1.82, 2.24) is 9.88 Å². The van der Waals surface area contributed by atoms with Gasteiger partial charge in [0.1, 0.15) is 0 Å². The first-order chi connectivity index (χ1) is 8.76. The van der Waals surface area contributed by atoms with Gasteiger partial charge in [-0.2, -0.15) is 0 Å². The second kappa shape index (κ2) is 6.13. The van der Waals surface area contributed by atoms with Crippen molar-refractivity contribution >= 4 is 0 Å². The van der Waals surface area contributed by atoms with Crippen LogP contribution in [0.25, 0.3) is 0 Å². The number of ether oxygens (including phenoxy) is 2. The highest BCUT2D eigenvalue weighted by atomic mass is 16.5. The Morgan fingerprint density at radius 3 is 2.94 bits per heavy atom. The molecule has 2 rings (SSSR count). The normalized spacial score (nSPS) is 24.4. The van der Waals surface area contributed by atoms with E-state index >= 15 is 0 Å². The van der Waals surface area contributed by atoms with Crippen LogP contribution in [0, 0.1) is 0 Å². The number of nitrogens with zero attached hydrogens (tertiary/aromatic N) is 2. The molecule has 1 N–H and O–H groups in total. The number of aliphatic hydroxyl groups excluding tert-OH is 1. The molecule has 0 aliphatic carbocycles. The van der Waals surface area contributed by atoms with Crippen molar-refractivity contribution in [3.8, 4) is 5.88 Å². The number of aliphatic hydroxyl groups is 1. The van der Waals surface area contributed by atoms with Crippen LogP contribution in [0.3, 0.4) is 0 Å². The van der Waals surface area contributed by atoms with E-state index in [-0.39, 0.29) is 18.8 Å². The van der Waals surface area contributed by atoms with Crippen LogP contribution in [0.15, 0.2) is 18.2 Å². The van der Waals surface area contributed by atoms with E-state index < -0.39 is 0 Å². The Hall–Kier alpha value is -1.17. The summed E-state index contributed by atoms with van der Waals surface area (Å²) >= 11 is 0. The van der Waals surface area contributed by atoms with Gasteiger partial charge in [0.05, 0.1) is 25.5 Å². The first kappa shape index (κ1) is 13.3. The molecule has 1 fully saturated rings. The fourth-order valence-electron chi connectivity index (χ4n) is 2.36. The average Bonchev–Trinajstić information content (AvgIpc) is 2.81.